The molecule has 9 aromatic rings. The minimum atomic E-state index is 0.919. The van der Waals surface area contributed by atoms with Crippen LogP contribution in [0.3, 0.4) is 0 Å². The maximum Gasteiger partial charge on any atom is 0.145 e. The van der Waals surface area contributed by atoms with E-state index in [0.717, 1.165) is 21.9 Å². The summed E-state index contributed by atoms with van der Waals surface area (Å²) in [6.07, 6.45) is 0. The van der Waals surface area contributed by atoms with Crippen molar-refractivity contribution in [1.29, 1.82) is 0 Å². The average Bonchev–Trinajstić information content (AvgIpc) is 3.67. The second kappa shape index (κ2) is 7.19. The molecule has 0 atom stereocenters. The lowest BCUT2D eigenvalue weighted by atomic mass is 9.99. The Morgan fingerprint density at radius 1 is 0.400 bits per heavy atom. The van der Waals surface area contributed by atoms with Crippen LogP contribution in [0.15, 0.2) is 132 Å². The van der Waals surface area contributed by atoms with Crippen molar-refractivity contribution in [1.82, 2.24) is 4.57 Å². The Morgan fingerprint density at radius 2 is 1.02 bits per heavy atom. The van der Waals surface area contributed by atoms with Crippen molar-refractivity contribution in [2.75, 3.05) is 0 Å². The lowest BCUT2D eigenvalue weighted by Crippen LogP contribution is -1.96. The Labute approximate surface area is 229 Å². The molecule has 2 aromatic heterocycles. The number of nitrogens with zero attached hydrogens (tertiary/aromatic N) is 1. The molecule has 2 heterocycles. The molecule has 10 rings (SSSR count). The van der Waals surface area contributed by atoms with E-state index in [1.807, 2.05) is 0 Å². The van der Waals surface area contributed by atoms with Crippen molar-refractivity contribution in [3.8, 4) is 27.9 Å². The summed E-state index contributed by atoms with van der Waals surface area (Å²) in [5.74, 6) is 0. The topological polar surface area (TPSA) is 18.1 Å². The Morgan fingerprint density at radius 3 is 1.88 bits per heavy atom. The van der Waals surface area contributed by atoms with E-state index >= 15 is 0 Å². The molecule has 0 saturated heterocycles. The first-order valence-corrected chi connectivity index (χ1v) is 13.8. The summed E-state index contributed by atoms with van der Waals surface area (Å²) >= 11 is 0. The van der Waals surface area contributed by atoms with Crippen LogP contribution < -0.4 is 0 Å². The predicted molar refractivity (Wildman–Crippen MR) is 168 cm³/mol. The maximum atomic E-state index is 6.63. The number of para-hydroxylation sites is 2. The quantitative estimate of drug-likeness (QED) is 0.216. The van der Waals surface area contributed by atoms with Crippen molar-refractivity contribution in [3.63, 3.8) is 0 Å². The Balaban J connectivity index is 1.49. The molecule has 2 heteroatoms. The summed E-state index contributed by atoms with van der Waals surface area (Å²) in [4.78, 5) is 0. The molecule has 40 heavy (non-hydrogen) atoms. The third kappa shape index (κ3) is 2.36. The van der Waals surface area contributed by atoms with E-state index in [-0.39, 0.29) is 0 Å². The molecule has 0 amide bonds. The number of furan rings is 1. The molecule has 0 N–H and O–H groups in total. The van der Waals surface area contributed by atoms with Crippen LogP contribution in [0.25, 0.3) is 93.2 Å². The zero-order valence-corrected chi connectivity index (χ0v) is 21.5. The van der Waals surface area contributed by atoms with Crippen molar-refractivity contribution in [3.05, 3.63) is 127 Å². The van der Waals surface area contributed by atoms with Gasteiger partial charge in [-0.3, -0.25) is 0 Å². The summed E-state index contributed by atoms with van der Waals surface area (Å²) < 4.78 is 9.12. The normalized spacial score (nSPS) is 12.5. The molecule has 0 unspecified atom stereocenters. The third-order valence-corrected chi connectivity index (χ3v) is 8.91. The highest BCUT2D eigenvalue weighted by Gasteiger charge is 2.26. The number of hydrogen-bond acceptors (Lipinski definition) is 1. The standard InChI is InChI=1S/C38H21NO/c1-2-11-23-22(10-1)24-16-9-17-28-32(21-20-26(23)34(24)28)39-31-18-7-5-14-29(31)35-25-12-3-4-13-27(25)38-36(37(35)39)30-15-6-8-19-33(30)40-38/h1-21H. The van der Waals surface area contributed by atoms with Gasteiger partial charge in [-0.05, 0) is 51.2 Å². The molecule has 0 saturated carbocycles. The lowest BCUT2D eigenvalue weighted by Gasteiger charge is -2.14. The van der Waals surface area contributed by atoms with Crippen LogP contribution in [0.4, 0.5) is 0 Å². The van der Waals surface area contributed by atoms with Crippen LogP contribution in [0.2, 0.25) is 0 Å². The number of benzene rings is 7. The highest BCUT2D eigenvalue weighted by atomic mass is 16.3. The minimum Gasteiger partial charge on any atom is -0.455 e. The number of fused-ring (bicyclic) bond motifs is 13. The van der Waals surface area contributed by atoms with Gasteiger partial charge in [-0.15, -0.1) is 0 Å². The van der Waals surface area contributed by atoms with Gasteiger partial charge in [-0.2, -0.15) is 0 Å². The van der Waals surface area contributed by atoms with E-state index in [4.69, 9.17) is 4.42 Å². The monoisotopic (exact) mass is 507 g/mol. The van der Waals surface area contributed by atoms with E-state index in [2.05, 4.69) is 132 Å². The van der Waals surface area contributed by atoms with Crippen molar-refractivity contribution >= 4 is 65.3 Å². The fraction of sp³-hybridized carbons (Fsp3) is 0. The third-order valence-electron chi connectivity index (χ3n) is 8.91. The molecule has 0 aliphatic heterocycles. The molecule has 1 aliphatic carbocycles. The highest BCUT2D eigenvalue weighted by Crippen LogP contribution is 2.50. The maximum absolute atomic E-state index is 6.63. The van der Waals surface area contributed by atoms with Gasteiger partial charge in [0.1, 0.15) is 11.2 Å². The van der Waals surface area contributed by atoms with Gasteiger partial charge in [0.2, 0.25) is 0 Å². The Kier molecular flexibility index (Phi) is 3.70. The molecular formula is C38H21NO. The first-order valence-electron chi connectivity index (χ1n) is 13.8. The van der Waals surface area contributed by atoms with E-state index in [1.54, 1.807) is 0 Å². The molecular weight excluding hydrogens is 486 g/mol. The van der Waals surface area contributed by atoms with Gasteiger partial charge in [0, 0.05) is 26.9 Å². The van der Waals surface area contributed by atoms with Crippen LogP contribution in [-0.4, -0.2) is 4.57 Å². The van der Waals surface area contributed by atoms with E-state index < -0.39 is 0 Å². The van der Waals surface area contributed by atoms with Crippen molar-refractivity contribution < 1.29 is 4.42 Å². The Bertz CT molecular complexity index is 2510. The molecule has 0 spiro atoms. The summed E-state index contributed by atoms with van der Waals surface area (Å²) in [5.41, 5.74) is 10.7. The Hall–Kier alpha value is -5.34. The second-order valence-corrected chi connectivity index (χ2v) is 10.8. The summed E-state index contributed by atoms with van der Waals surface area (Å²) in [6.45, 7) is 0. The summed E-state index contributed by atoms with van der Waals surface area (Å²) in [5, 5.41) is 9.83. The van der Waals surface area contributed by atoms with Gasteiger partial charge in [0.15, 0.2) is 0 Å². The van der Waals surface area contributed by atoms with Gasteiger partial charge in [-0.25, -0.2) is 0 Å². The van der Waals surface area contributed by atoms with Crippen LogP contribution in [0.1, 0.15) is 0 Å². The SMILES string of the molecule is c1ccc2c(c1)-c1cccc3c(-n4c5ccccc5c5c6ccccc6c6oc7ccccc7c6c54)ccc-2c13. The lowest BCUT2D eigenvalue weighted by molar-refractivity contribution is 0.673. The number of aromatic nitrogens is 1. The van der Waals surface area contributed by atoms with E-state index in [9.17, 15) is 0 Å². The van der Waals surface area contributed by atoms with Crippen LogP contribution in [0, 0.1) is 0 Å². The molecule has 2 nitrogen and oxygen atoms in total. The fourth-order valence-electron chi connectivity index (χ4n) is 7.36. The smallest absolute Gasteiger partial charge is 0.145 e. The van der Waals surface area contributed by atoms with Crippen molar-refractivity contribution in [2.24, 2.45) is 0 Å². The van der Waals surface area contributed by atoms with Crippen molar-refractivity contribution in [2.45, 2.75) is 0 Å². The first kappa shape index (κ1) is 20.6. The second-order valence-electron chi connectivity index (χ2n) is 10.8. The molecule has 0 bridgehead atoms. The van der Waals surface area contributed by atoms with Crippen LogP contribution in [-0.2, 0) is 0 Å². The molecule has 1 aliphatic rings. The minimum absolute atomic E-state index is 0.919. The fourth-order valence-corrected chi connectivity index (χ4v) is 7.36. The predicted octanol–water partition coefficient (Wildman–Crippen LogP) is 10.6. The van der Waals surface area contributed by atoms with Crippen LogP contribution >= 0.6 is 0 Å². The van der Waals surface area contributed by atoms with E-state index in [0.29, 0.717) is 0 Å². The largest absolute Gasteiger partial charge is 0.455 e. The van der Waals surface area contributed by atoms with Gasteiger partial charge in [-0.1, -0.05) is 109 Å². The molecule has 0 fully saturated rings. The summed E-state index contributed by atoms with van der Waals surface area (Å²) in [6, 6.07) is 46.1. The first-order chi connectivity index (χ1) is 19.9. The molecule has 184 valence electrons. The number of rotatable bonds is 1. The van der Waals surface area contributed by atoms with Crippen LogP contribution in [0.5, 0.6) is 0 Å². The summed E-state index contributed by atoms with van der Waals surface area (Å²) in [7, 11) is 0. The average molecular weight is 508 g/mol. The molecule has 7 aromatic carbocycles. The zero-order valence-electron chi connectivity index (χ0n) is 21.5. The van der Waals surface area contributed by atoms with Gasteiger partial charge >= 0.3 is 0 Å². The highest BCUT2D eigenvalue weighted by molar-refractivity contribution is 6.35. The zero-order chi connectivity index (χ0) is 25.9. The van der Waals surface area contributed by atoms with Gasteiger partial charge < -0.3 is 8.98 Å². The number of hydrogen-bond donors (Lipinski definition) is 0. The van der Waals surface area contributed by atoms with Gasteiger partial charge in [0.05, 0.1) is 22.1 Å². The van der Waals surface area contributed by atoms with Gasteiger partial charge in [0.25, 0.3) is 0 Å². The van der Waals surface area contributed by atoms with E-state index in [1.165, 1.54) is 71.3 Å². The molecule has 0 radical (unpaired) electrons.